The predicted molar refractivity (Wildman–Crippen MR) is 239 cm³/mol. The maximum absolute atomic E-state index is 12.5. The lowest BCUT2D eigenvalue weighted by Crippen LogP contribution is -2.70. The number of amides is 1. The molecule has 7 rings (SSSR count). The molecule has 0 aromatic carbocycles. The van der Waals surface area contributed by atoms with Crippen molar-refractivity contribution in [3.8, 4) is 0 Å². The van der Waals surface area contributed by atoms with Crippen molar-refractivity contribution in [3.63, 3.8) is 0 Å². The minimum absolute atomic E-state index is 0.790. The van der Waals surface area contributed by atoms with Gasteiger partial charge in [0.2, 0.25) is 5.91 Å². The summed E-state index contributed by atoms with van der Waals surface area (Å²) in [6.45, 7) is 0.656. The first kappa shape index (κ1) is 63.8. The highest BCUT2D eigenvalue weighted by Crippen LogP contribution is 2.39. The van der Waals surface area contributed by atoms with Crippen LogP contribution in [-0.4, -0.2) is 344 Å². The molecular formula is C44H75NO33. The number of aliphatic hydroxyl groups excluding tert-OH is 19. The molecule has 7 aliphatic heterocycles. The van der Waals surface area contributed by atoms with Crippen molar-refractivity contribution >= 4 is 5.91 Å². The second-order valence-electron chi connectivity index (χ2n) is 20.3. The van der Waals surface area contributed by atoms with Gasteiger partial charge in [0.1, 0.15) is 153 Å². The molecule has 0 radical (unpaired) electrons. The molecule has 7 saturated heterocycles. The molecule has 0 aromatic rings. The Labute approximate surface area is 443 Å². The number of nitrogens with one attached hydrogen (secondary N) is 1. The molecule has 0 aliphatic carbocycles. The Bertz CT molecular complexity index is 1890. The van der Waals surface area contributed by atoms with Crippen LogP contribution in [0.3, 0.4) is 0 Å². The molecule has 454 valence electrons. The Morgan fingerprint density at radius 2 is 0.667 bits per heavy atom. The second-order valence-corrected chi connectivity index (χ2v) is 20.3. The standard InChI is InChI=1S/C44H75NO33/c1-9-18(51)24(57)28(61)39(66-9)76-35-27(60)21(54)13(5-46)70-42(35)75-34-23(56)15(7-48)71-44(37(34)78-41-30(63)26(59)20(53)11(3)68-41)73-32-16(8-49)72-43(36(31(32)64)77-40-29(62)25(58)19(52)10(2)67-40)74-33-17(45-12(4)50)38(65)69-14(6-47)22(33)55/h9-11,13-44,46-49,51-65H,5-8H2,1-4H3,(H,45,50)/t9-,10-,11-,13+,14+,15+,16+,17+,18+,19+,20+,21-,22-,23-,24+,25+,26+,27-,28-,29-,30-,31-,32-,33+,34-,35+,36+,37+,38?,39-,40-,41-,42+,43-,44-/m0/s1. The Balaban J connectivity index is 1.27. The van der Waals surface area contributed by atoms with Gasteiger partial charge < -0.3 is 164 Å². The number of carbonyl (C=O) groups is 1. The van der Waals surface area contributed by atoms with Crippen molar-refractivity contribution in [3.05, 3.63) is 0 Å². The van der Waals surface area contributed by atoms with Crippen LogP contribution in [0, 0.1) is 0 Å². The van der Waals surface area contributed by atoms with Gasteiger partial charge in [-0.15, -0.1) is 0 Å². The second kappa shape index (κ2) is 26.8. The van der Waals surface area contributed by atoms with Gasteiger partial charge in [-0.3, -0.25) is 4.79 Å². The fourth-order valence-corrected chi connectivity index (χ4v) is 10.2. The molecule has 78 heavy (non-hydrogen) atoms. The average Bonchev–Trinajstić information content (AvgIpc) is 3.52. The maximum atomic E-state index is 12.5. The van der Waals surface area contributed by atoms with Gasteiger partial charge in [0.15, 0.2) is 44.0 Å². The van der Waals surface area contributed by atoms with Crippen molar-refractivity contribution in [2.24, 2.45) is 0 Å². The van der Waals surface area contributed by atoms with Gasteiger partial charge in [0.05, 0.1) is 44.7 Å². The SMILES string of the molecule is CC(=O)N[C@H]1C(O)O[C@H](CO)[C@H](O)[C@@H]1O[C@@H]1O[C@H](CO)[C@H](O[C@@H]2O[C@H](CO)[C@H](O)[C@H](O[C@H]3O[C@H](CO)[C@H](O)[C@H](O)[C@H]3O[C@@H]3O[C@@H](C)[C@@H](O)[C@@H](O)[C@@H]3O)[C@H]2O[C@@H]2O[C@@H](C)[C@@H](O)[C@@H](O)[C@@H]2O)[C@H](O)[C@H]1O[C@@H]1O[C@@H](C)[C@@H](O)[C@@H](O)[C@@H]1O. The van der Waals surface area contributed by atoms with Gasteiger partial charge in [-0.1, -0.05) is 0 Å². The normalized spacial score (nSPS) is 53.4. The van der Waals surface area contributed by atoms with E-state index in [1.54, 1.807) is 0 Å². The van der Waals surface area contributed by atoms with Crippen LogP contribution in [0.1, 0.15) is 27.7 Å². The smallest absolute Gasteiger partial charge is 0.217 e. The molecule has 0 aromatic heterocycles. The first-order valence-electron chi connectivity index (χ1n) is 25.2. The topological polar surface area (TPSA) is 533 Å². The molecule has 7 aliphatic rings. The molecule has 7 heterocycles. The molecule has 0 spiro atoms. The largest absolute Gasteiger partial charge is 0.394 e. The van der Waals surface area contributed by atoms with Gasteiger partial charge in [0.25, 0.3) is 0 Å². The molecule has 0 saturated carbocycles. The Kier molecular flexibility index (Phi) is 21.9. The molecule has 35 atom stereocenters. The van der Waals surface area contributed by atoms with Crippen molar-refractivity contribution < 1.29 is 163 Å². The molecule has 1 unspecified atom stereocenters. The number of rotatable bonds is 17. The Morgan fingerprint density at radius 1 is 0.333 bits per heavy atom. The van der Waals surface area contributed by atoms with Crippen LogP contribution < -0.4 is 5.32 Å². The minimum Gasteiger partial charge on any atom is -0.394 e. The Hall–Kier alpha value is -1.81. The molecule has 0 bridgehead atoms. The van der Waals surface area contributed by atoms with E-state index in [9.17, 15) is 102 Å². The van der Waals surface area contributed by atoms with Crippen molar-refractivity contribution in [2.75, 3.05) is 26.4 Å². The van der Waals surface area contributed by atoms with Gasteiger partial charge in [-0.05, 0) is 20.8 Å². The van der Waals surface area contributed by atoms with Crippen LogP contribution in [0.5, 0.6) is 0 Å². The van der Waals surface area contributed by atoms with Crippen LogP contribution in [0.25, 0.3) is 0 Å². The summed E-state index contributed by atoms with van der Waals surface area (Å²) in [5.41, 5.74) is 0. The monoisotopic (exact) mass is 1150 g/mol. The van der Waals surface area contributed by atoms with Crippen molar-refractivity contribution in [1.82, 2.24) is 5.32 Å². The van der Waals surface area contributed by atoms with E-state index in [0.29, 0.717) is 0 Å². The molecule has 20 N–H and O–H groups in total. The number of carbonyl (C=O) groups excluding carboxylic acids is 1. The predicted octanol–water partition coefficient (Wildman–Crippen LogP) is -13.0. The van der Waals surface area contributed by atoms with E-state index >= 15 is 0 Å². The zero-order chi connectivity index (χ0) is 57.5. The highest BCUT2D eigenvalue weighted by atomic mass is 16.8. The zero-order valence-corrected chi connectivity index (χ0v) is 42.2. The fraction of sp³-hybridized carbons (Fsp3) is 0.977. The number of ether oxygens (including phenoxy) is 13. The van der Waals surface area contributed by atoms with E-state index in [2.05, 4.69) is 5.32 Å². The zero-order valence-electron chi connectivity index (χ0n) is 42.2. The number of hydrogen-bond acceptors (Lipinski definition) is 33. The quantitative estimate of drug-likeness (QED) is 0.0643. The summed E-state index contributed by atoms with van der Waals surface area (Å²) in [7, 11) is 0. The van der Waals surface area contributed by atoms with Gasteiger partial charge in [0, 0.05) is 6.92 Å². The first-order valence-corrected chi connectivity index (χ1v) is 25.2. The summed E-state index contributed by atoms with van der Waals surface area (Å²) >= 11 is 0. The lowest BCUT2D eigenvalue weighted by atomic mass is 9.94. The third-order valence-corrected chi connectivity index (χ3v) is 14.8. The van der Waals surface area contributed by atoms with E-state index in [-0.39, 0.29) is 0 Å². The third kappa shape index (κ3) is 13.1. The summed E-state index contributed by atoms with van der Waals surface area (Å²) in [4.78, 5) is 12.3. The van der Waals surface area contributed by atoms with E-state index in [4.69, 9.17) is 61.6 Å². The summed E-state index contributed by atoms with van der Waals surface area (Å²) in [5, 5.41) is 210. The highest BCUT2D eigenvalue weighted by molar-refractivity contribution is 5.73. The maximum Gasteiger partial charge on any atom is 0.217 e. The van der Waals surface area contributed by atoms with Gasteiger partial charge >= 0.3 is 0 Å². The molecule has 34 heteroatoms. The Morgan fingerprint density at radius 3 is 1.10 bits per heavy atom. The lowest BCUT2D eigenvalue weighted by molar-refractivity contribution is -0.419. The highest BCUT2D eigenvalue weighted by Gasteiger charge is 2.60. The average molecular weight is 1150 g/mol. The van der Waals surface area contributed by atoms with E-state index in [1.807, 2.05) is 0 Å². The van der Waals surface area contributed by atoms with Crippen LogP contribution in [-0.2, 0) is 66.4 Å². The van der Waals surface area contributed by atoms with Crippen LogP contribution >= 0.6 is 0 Å². The van der Waals surface area contributed by atoms with E-state index in [1.165, 1.54) is 20.8 Å². The summed E-state index contributed by atoms with van der Waals surface area (Å²) < 4.78 is 76.6. The lowest BCUT2D eigenvalue weighted by Gasteiger charge is -2.52. The number of hydrogen-bond donors (Lipinski definition) is 20. The van der Waals surface area contributed by atoms with Crippen LogP contribution in [0.15, 0.2) is 0 Å². The first-order chi connectivity index (χ1) is 36.8. The summed E-state index contributed by atoms with van der Waals surface area (Å²) in [5.74, 6) is -0.790. The third-order valence-electron chi connectivity index (χ3n) is 14.8. The molecule has 34 nitrogen and oxygen atoms in total. The van der Waals surface area contributed by atoms with Crippen molar-refractivity contribution in [1.29, 1.82) is 0 Å². The van der Waals surface area contributed by atoms with Crippen LogP contribution in [0.4, 0.5) is 0 Å². The van der Waals surface area contributed by atoms with E-state index < -0.39 is 247 Å². The summed E-state index contributed by atoms with van der Waals surface area (Å²) in [6, 6.07) is -1.66. The van der Waals surface area contributed by atoms with E-state index in [0.717, 1.165) is 6.92 Å². The van der Waals surface area contributed by atoms with Gasteiger partial charge in [-0.25, -0.2) is 0 Å². The van der Waals surface area contributed by atoms with Crippen LogP contribution in [0.2, 0.25) is 0 Å². The van der Waals surface area contributed by atoms with Crippen molar-refractivity contribution in [2.45, 2.75) is 243 Å². The minimum atomic E-state index is -2.32. The fourth-order valence-electron chi connectivity index (χ4n) is 10.2. The molecular weight excluding hydrogens is 1070 g/mol. The molecule has 7 fully saturated rings. The number of aliphatic hydroxyl groups is 19. The molecule has 1 amide bonds. The summed E-state index contributed by atoms with van der Waals surface area (Å²) in [6.07, 6.45) is -65.5. The van der Waals surface area contributed by atoms with Gasteiger partial charge in [-0.2, -0.15) is 0 Å².